The molecule has 1 amide bonds. The highest BCUT2D eigenvalue weighted by atomic mass is 35.5. The summed E-state index contributed by atoms with van der Waals surface area (Å²) in [5.74, 6) is -1.66. The molecule has 0 aliphatic carbocycles. The molecule has 3 aromatic rings. The summed E-state index contributed by atoms with van der Waals surface area (Å²) in [7, 11) is 1.38. The number of carbonyl (C=O) groups excluding carboxylic acids is 2. The standard InChI is InChI=1S/C24H19Cl2NO5/c1-12-6-7-17(13(2)9-12)27-20(18-5-4-8-32-18)19(22(29)24(27)30)21(28)15-10-14(25)11-16(26)23(15)31-3/h4-11,20,28H,1-3H3/b21-19-. The average molecular weight is 472 g/mol. The summed E-state index contributed by atoms with van der Waals surface area (Å²) in [5.41, 5.74) is 2.29. The van der Waals surface area contributed by atoms with Gasteiger partial charge in [0.15, 0.2) is 0 Å². The van der Waals surface area contributed by atoms with E-state index in [0.717, 1.165) is 11.1 Å². The highest BCUT2D eigenvalue weighted by molar-refractivity contribution is 6.52. The number of furan rings is 1. The van der Waals surface area contributed by atoms with Crippen molar-refractivity contribution in [3.8, 4) is 5.75 Å². The number of aliphatic hydroxyl groups excluding tert-OH is 1. The second kappa shape index (κ2) is 8.37. The number of hydrogen-bond donors (Lipinski definition) is 1. The molecule has 1 aromatic heterocycles. The van der Waals surface area contributed by atoms with E-state index in [1.165, 1.54) is 30.4 Å². The van der Waals surface area contributed by atoms with Crippen LogP contribution in [0.15, 0.2) is 58.7 Å². The molecule has 4 rings (SSSR count). The Kier molecular flexibility index (Phi) is 5.75. The number of ether oxygens (including phenoxy) is 1. The number of rotatable bonds is 4. The van der Waals surface area contributed by atoms with E-state index in [2.05, 4.69) is 0 Å². The van der Waals surface area contributed by atoms with Crippen LogP contribution < -0.4 is 9.64 Å². The molecule has 1 aliphatic rings. The van der Waals surface area contributed by atoms with Crippen molar-refractivity contribution in [1.29, 1.82) is 0 Å². The number of anilines is 1. The van der Waals surface area contributed by atoms with Crippen LogP contribution in [0.1, 0.15) is 28.5 Å². The Hall–Kier alpha value is -3.22. The fraction of sp³-hybridized carbons (Fsp3) is 0.167. The summed E-state index contributed by atoms with van der Waals surface area (Å²) in [5, 5.41) is 11.6. The van der Waals surface area contributed by atoms with Crippen LogP contribution in [-0.2, 0) is 9.59 Å². The Morgan fingerprint density at radius 3 is 2.50 bits per heavy atom. The van der Waals surface area contributed by atoms with Crippen LogP contribution in [-0.4, -0.2) is 23.9 Å². The number of ketones is 1. The zero-order valence-electron chi connectivity index (χ0n) is 17.5. The Labute approximate surface area is 194 Å². The maximum absolute atomic E-state index is 13.2. The van der Waals surface area contributed by atoms with Gasteiger partial charge in [0.05, 0.1) is 29.5 Å². The molecule has 2 aromatic carbocycles. The molecule has 1 N–H and O–H groups in total. The van der Waals surface area contributed by atoms with Gasteiger partial charge in [-0.1, -0.05) is 40.9 Å². The number of aryl methyl sites for hydroxylation is 2. The number of amides is 1. The molecular weight excluding hydrogens is 453 g/mol. The highest BCUT2D eigenvalue weighted by Crippen LogP contribution is 2.45. The van der Waals surface area contributed by atoms with E-state index in [0.29, 0.717) is 11.4 Å². The first-order chi connectivity index (χ1) is 15.2. The van der Waals surface area contributed by atoms with Gasteiger partial charge in [0.1, 0.15) is 23.3 Å². The van der Waals surface area contributed by atoms with Gasteiger partial charge in [0, 0.05) is 10.7 Å². The average Bonchev–Trinajstić information content (AvgIpc) is 3.35. The molecule has 1 atom stereocenters. The summed E-state index contributed by atoms with van der Waals surface area (Å²) < 4.78 is 10.9. The number of benzene rings is 2. The summed E-state index contributed by atoms with van der Waals surface area (Å²) in [6.07, 6.45) is 1.44. The minimum absolute atomic E-state index is 0.0974. The molecular formula is C24H19Cl2NO5. The zero-order chi connectivity index (χ0) is 23.2. The molecule has 0 spiro atoms. The first-order valence-corrected chi connectivity index (χ1v) is 10.4. The molecule has 8 heteroatoms. The van der Waals surface area contributed by atoms with Crippen molar-refractivity contribution in [2.24, 2.45) is 0 Å². The van der Waals surface area contributed by atoms with Crippen LogP contribution in [0, 0.1) is 13.8 Å². The Morgan fingerprint density at radius 2 is 1.88 bits per heavy atom. The smallest absolute Gasteiger partial charge is 0.300 e. The maximum atomic E-state index is 13.2. The molecule has 1 saturated heterocycles. The van der Waals surface area contributed by atoms with E-state index >= 15 is 0 Å². The number of halogens is 2. The van der Waals surface area contributed by atoms with Crippen LogP contribution in [0.25, 0.3) is 5.76 Å². The topological polar surface area (TPSA) is 80.0 Å². The quantitative estimate of drug-likeness (QED) is 0.293. The van der Waals surface area contributed by atoms with Crippen LogP contribution in [0.4, 0.5) is 5.69 Å². The van der Waals surface area contributed by atoms with Gasteiger partial charge in [-0.2, -0.15) is 0 Å². The summed E-state index contributed by atoms with van der Waals surface area (Å²) in [4.78, 5) is 27.7. The van der Waals surface area contributed by atoms with Crippen LogP contribution >= 0.6 is 23.2 Å². The molecule has 1 aliphatic heterocycles. The van der Waals surface area contributed by atoms with Gasteiger partial charge < -0.3 is 14.3 Å². The van der Waals surface area contributed by atoms with E-state index in [1.807, 2.05) is 26.0 Å². The van der Waals surface area contributed by atoms with Crippen molar-refractivity contribution >= 4 is 46.3 Å². The predicted octanol–water partition coefficient (Wildman–Crippen LogP) is 5.84. The van der Waals surface area contributed by atoms with Gasteiger partial charge in [-0.05, 0) is 49.7 Å². The zero-order valence-corrected chi connectivity index (χ0v) is 19.0. The maximum Gasteiger partial charge on any atom is 0.300 e. The van der Waals surface area contributed by atoms with Crippen molar-refractivity contribution in [1.82, 2.24) is 0 Å². The van der Waals surface area contributed by atoms with Gasteiger partial charge in [-0.25, -0.2) is 0 Å². The number of Topliss-reactive ketones (excluding diaryl/α,β-unsaturated/α-hetero) is 1. The second-order valence-corrected chi connectivity index (χ2v) is 8.29. The largest absolute Gasteiger partial charge is 0.507 e. The number of hydrogen-bond acceptors (Lipinski definition) is 5. The third-order valence-corrected chi connectivity index (χ3v) is 5.84. The van der Waals surface area contributed by atoms with Gasteiger partial charge in [0.2, 0.25) is 0 Å². The molecule has 2 heterocycles. The van der Waals surface area contributed by atoms with Crippen LogP contribution in [0.3, 0.4) is 0 Å². The summed E-state index contributed by atoms with van der Waals surface area (Å²) >= 11 is 12.4. The van der Waals surface area contributed by atoms with E-state index in [4.69, 9.17) is 32.4 Å². The van der Waals surface area contributed by atoms with E-state index in [9.17, 15) is 14.7 Å². The molecule has 32 heavy (non-hydrogen) atoms. The number of aliphatic hydroxyl groups is 1. The minimum atomic E-state index is -0.992. The lowest BCUT2D eigenvalue weighted by Crippen LogP contribution is -2.30. The molecule has 164 valence electrons. The fourth-order valence-corrected chi connectivity index (χ4v) is 4.53. The van der Waals surface area contributed by atoms with Crippen LogP contribution in [0.2, 0.25) is 10.0 Å². The van der Waals surface area contributed by atoms with Crippen molar-refractivity contribution in [3.63, 3.8) is 0 Å². The van der Waals surface area contributed by atoms with E-state index < -0.39 is 23.5 Å². The lowest BCUT2D eigenvalue weighted by Gasteiger charge is -2.25. The normalized spacial score (nSPS) is 17.8. The molecule has 1 unspecified atom stereocenters. The van der Waals surface area contributed by atoms with E-state index in [-0.39, 0.29) is 26.9 Å². The Morgan fingerprint density at radius 1 is 1.12 bits per heavy atom. The minimum Gasteiger partial charge on any atom is -0.507 e. The predicted molar refractivity (Wildman–Crippen MR) is 122 cm³/mol. The monoisotopic (exact) mass is 471 g/mol. The number of methoxy groups -OCH3 is 1. The first-order valence-electron chi connectivity index (χ1n) is 9.69. The Bertz CT molecular complexity index is 1260. The van der Waals surface area contributed by atoms with Crippen molar-refractivity contribution in [2.75, 3.05) is 12.0 Å². The van der Waals surface area contributed by atoms with Crippen LogP contribution in [0.5, 0.6) is 5.75 Å². The number of carbonyl (C=O) groups is 2. The second-order valence-electron chi connectivity index (χ2n) is 7.44. The summed E-state index contributed by atoms with van der Waals surface area (Å²) in [6, 6.07) is 10.7. The molecule has 0 radical (unpaired) electrons. The number of nitrogens with zero attached hydrogens (tertiary/aromatic N) is 1. The van der Waals surface area contributed by atoms with Crippen molar-refractivity contribution in [3.05, 3.63) is 86.8 Å². The SMILES string of the molecule is COc1c(Cl)cc(Cl)cc1/C(O)=C1/C(=O)C(=O)N(c2ccc(C)cc2C)C1c1ccco1. The van der Waals surface area contributed by atoms with Crippen molar-refractivity contribution < 1.29 is 23.8 Å². The fourth-order valence-electron chi connectivity index (χ4n) is 3.96. The third kappa shape index (κ3) is 3.55. The molecule has 0 bridgehead atoms. The molecule has 1 fully saturated rings. The Balaban J connectivity index is 2.00. The van der Waals surface area contributed by atoms with Gasteiger partial charge >= 0.3 is 0 Å². The third-order valence-electron chi connectivity index (χ3n) is 5.34. The highest BCUT2D eigenvalue weighted by Gasteiger charge is 2.49. The molecule has 0 saturated carbocycles. The van der Waals surface area contributed by atoms with Gasteiger partial charge in [-0.15, -0.1) is 0 Å². The lowest BCUT2D eigenvalue weighted by atomic mass is 9.98. The van der Waals surface area contributed by atoms with Crippen molar-refractivity contribution in [2.45, 2.75) is 19.9 Å². The van der Waals surface area contributed by atoms with Gasteiger partial charge in [-0.3, -0.25) is 14.5 Å². The lowest BCUT2D eigenvalue weighted by molar-refractivity contribution is -0.132. The first kappa shape index (κ1) is 22.0. The molecule has 6 nitrogen and oxygen atoms in total. The summed E-state index contributed by atoms with van der Waals surface area (Å²) in [6.45, 7) is 3.78. The van der Waals surface area contributed by atoms with E-state index in [1.54, 1.807) is 18.2 Å². The van der Waals surface area contributed by atoms with Gasteiger partial charge in [0.25, 0.3) is 11.7 Å².